The first kappa shape index (κ1) is 23.6. The Morgan fingerprint density at radius 1 is 0.933 bits per heavy atom. The molecule has 0 aliphatic heterocycles. The molecule has 0 aliphatic carbocycles. The number of halogens is 6. The standard InChI is InChI=1S/C21H20F6O3/c1-4-13-10-16(21(25,26)27)18(9-12(13)3)29-11-14-15(20(22,23)24)7-6-8-17(14)30-19(28)5-2/h6-10H,4-5,11H2,1-3H3. The van der Waals surface area contributed by atoms with Crippen LogP contribution in [-0.2, 0) is 30.2 Å². The molecule has 2 aromatic rings. The van der Waals surface area contributed by atoms with Crippen LogP contribution in [0.1, 0.15) is 48.1 Å². The van der Waals surface area contributed by atoms with Crippen molar-refractivity contribution in [1.82, 2.24) is 0 Å². The second-order valence-corrected chi connectivity index (χ2v) is 6.52. The maximum atomic E-state index is 13.5. The molecule has 0 aliphatic rings. The number of alkyl halides is 6. The van der Waals surface area contributed by atoms with Gasteiger partial charge in [0, 0.05) is 12.0 Å². The molecule has 0 atom stereocenters. The van der Waals surface area contributed by atoms with Gasteiger partial charge in [-0.3, -0.25) is 4.79 Å². The minimum Gasteiger partial charge on any atom is -0.488 e. The first-order chi connectivity index (χ1) is 13.9. The van der Waals surface area contributed by atoms with Gasteiger partial charge in [-0.05, 0) is 48.7 Å². The first-order valence-electron chi connectivity index (χ1n) is 9.11. The van der Waals surface area contributed by atoms with E-state index in [-0.39, 0.29) is 6.42 Å². The Morgan fingerprint density at radius 3 is 2.10 bits per heavy atom. The average Bonchev–Trinajstić information content (AvgIpc) is 2.64. The highest BCUT2D eigenvalue weighted by Crippen LogP contribution is 2.40. The third kappa shape index (κ3) is 5.46. The van der Waals surface area contributed by atoms with E-state index in [9.17, 15) is 31.1 Å². The largest absolute Gasteiger partial charge is 0.488 e. The molecule has 30 heavy (non-hydrogen) atoms. The van der Waals surface area contributed by atoms with Crippen LogP contribution < -0.4 is 9.47 Å². The Hall–Kier alpha value is -2.71. The van der Waals surface area contributed by atoms with Gasteiger partial charge in [0.15, 0.2) is 0 Å². The highest BCUT2D eigenvalue weighted by molar-refractivity contribution is 5.72. The molecule has 2 aromatic carbocycles. The second-order valence-electron chi connectivity index (χ2n) is 6.52. The Morgan fingerprint density at radius 2 is 1.57 bits per heavy atom. The summed E-state index contributed by atoms with van der Waals surface area (Å²) in [6, 6.07) is 5.01. The number of carbonyl (C=O) groups excluding carboxylic acids is 1. The van der Waals surface area contributed by atoms with E-state index in [1.54, 1.807) is 13.8 Å². The molecule has 3 nitrogen and oxygen atoms in total. The quantitative estimate of drug-likeness (QED) is 0.296. The molecule has 0 N–H and O–H groups in total. The van der Waals surface area contributed by atoms with Crippen molar-refractivity contribution in [2.24, 2.45) is 0 Å². The predicted octanol–water partition coefficient (Wildman–Crippen LogP) is 6.49. The van der Waals surface area contributed by atoms with E-state index >= 15 is 0 Å². The van der Waals surface area contributed by atoms with Crippen LogP contribution in [0.4, 0.5) is 26.3 Å². The van der Waals surface area contributed by atoms with Crippen molar-refractivity contribution in [3.05, 3.63) is 58.1 Å². The normalized spacial score (nSPS) is 12.0. The highest BCUT2D eigenvalue weighted by atomic mass is 19.4. The van der Waals surface area contributed by atoms with E-state index in [4.69, 9.17) is 9.47 Å². The van der Waals surface area contributed by atoms with Crippen molar-refractivity contribution in [2.45, 2.75) is 52.6 Å². The number of hydrogen-bond acceptors (Lipinski definition) is 3. The smallest absolute Gasteiger partial charge is 0.419 e. The van der Waals surface area contributed by atoms with Gasteiger partial charge in [-0.15, -0.1) is 0 Å². The van der Waals surface area contributed by atoms with Crippen molar-refractivity contribution in [3.63, 3.8) is 0 Å². The van der Waals surface area contributed by atoms with E-state index in [1.807, 2.05) is 0 Å². The summed E-state index contributed by atoms with van der Waals surface area (Å²) in [5, 5.41) is 0. The van der Waals surface area contributed by atoms with Crippen LogP contribution in [0.15, 0.2) is 30.3 Å². The number of rotatable bonds is 6. The summed E-state index contributed by atoms with van der Waals surface area (Å²) in [5.74, 6) is -1.79. The molecule has 0 aromatic heterocycles. The molecule has 9 heteroatoms. The van der Waals surface area contributed by atoms with E-state index < -0.39 is 53.1 Å². The Kier molecular flexibility index (Phi) is 7.05. The van der Waals surface area contributed by atoms with E-state index in [0.29, 0.717) is 17.5 Å². The summed E-state index contributed by atoms with van der Waals surface area (Å²) >= 11 is 0. The lowest BCUT2D eigenvalue weighted by Gasteiger charge is -2.20. The first-order valence-corrected chi connectivity index (χ1v) is 9.11. The lowest BCUT2D eigenvalue weighted by atomic mass is 10.0. The molecule has 0 radical (unpaired) electrons. The monoisotopic (exact) mass is 434 g/mol. The molecule has 164 valence electrons. The van der Waals surface area contributed by atoms with Gasteiger partial charge < -0.3 is 9.47 Å². The fourth-order valence-corrected chi connectivity index (χ4v) is 2.87. The van der Waals surface area contributed by atoms with Crippen molar-refractivity contribution < 1.29 is 40.6 Å². The summed E-state index contributed by atoms with van der Waals surface area (Å²) < 4.78 is 90.8. The molecule has 0 unspecified atom stereocenters. The Labute approximate surface area is 169 Å². The third-order valence-electron chi connectivity index (χ3n) is 4.45. The molecule has 0 heterocycles. The highest BCUT2D eigenvalue weighted by Gasteiger charge is 2.37. The predicted molar refractivity (Wildman–Crippen MR) is 97.3 cm³/mol. The number of benzene rings is 2. The minimum atomic E-state index is -4.82. The molecule has 0 amide bonds. The number of ether oxygens (including phenoxy) is 2. The van der Waals surface area contributed by atoms with Crippen molar-refractivity contribution in [2.75, 3.05) is 0 Å². The zero-order valence-electron chi connectivity index (χ0n) is 16.5. The molecule has 2 rings (SSSR count). The van der Waals surface area contributed by atoms with Gasteiger partial charge in [0.25, 0.3) is 0 Å². The van der Waals surface area contributed by atoms with E-state index in [0.717, 1.165) is 30.3 Å². The van der Waals surface area contributed by atoms with Gasteiger partial charge in [0.05, 0.1) is 11.1 Å². The van der Waals surface area contributed by atoms with Crippen LogP contribution in [0.25, 0.3) is 0 Å². The summed E-state index contributed by atoms with van der Waals surface area (Å²) in [6.07, 6.45) is -9.31. The number of hydrogen-bond donors (Lipinski definition) is 0. The fraction of sp³-hybridized carbons (Fsp3) is 0.381. The molecule has 0 saturated carbocycles. The summed E-state index contributed by atoms with van der Waals surface area (Å²) in [5.41, 5.74) is -1.83. The number of aryl methyl sites for hydroxylation is 2. The van der Waals surface area contributed by atoms with E-state index in [2.05, 4.69) is 0 Å². The maximum absolute atomic E-state index is 13.5. The Bertz CT molecular complexity index is 916. The molecular formula is C21H20F6O3. The lowest BCUT2D eigenvalue weighted by molar-refractivity contribution is -0.141. The summed E-state index contributed by atoms with van der Waals surface area (Å²) in [6.45, 7) is 3.87. The molecule has 0 saturated heterocycles. The van der Waals surface area contributed by atoms with Crippen molar-refractivity contribution in [1.29, 1.82) is 0 Å². The average molecular weight is 434 g/mol. The zero-order chi connectivity index (χ0) is 22.7. The minimum absolute atomic E-state index is 0.0908. The molecule has 0 bridgehead atoms. The van der Waals surface area contributed by atoms with Crippen molar-refractivity contribution >= 4 is 5.97 Å². The maximum Gasteiger partial charge on any atom is 0.419 e. The number of esters is 1. The van der Waals surface area contributed by atoms with Gasteiger partial charge in [0.1, 0.15) is 18.1 Å². The van der Waals surface area contributed by atoms with Crippen LogP contribution >= 0.6 is 0 Å². The molecule has 0 fully saturated rings. The van der Waals surface area contributed by atoms with Crippen LogP contribution in [0.2, 0.25) is 0 Å². The summed E-state index contributed by atoms with van der Waals surface area (Å²) in [4.78, 5) is 11.6. The van der Waals surface area contributed by atoms with Crippen LogP contribution in [0.5, 0.6) is 11.5 Å². The number of carbonyl (C=O) groups is 1. The van der Waals surface area contributed by atoms with Gasteiger partial charge >= 0.3 is 18.3 Å². The van der Waals surface area contributed by atoms with Crippen LogP contribution in [0, 0.1) is 6.92 Å². The lowest BCUT2D eigenvalue weighted by Crippen LogP contribution is -2.16. The van der Waals surface area contributed by atoms with Crippen LogP contribution in [0.3, 0.4) is 0 Å². The topological polar surface area (TPSA) is 35.5 Å². The Balaban J connectivity index is 2.51. The van der Waals surface area contributed by atoms with Crippen molar-refractivity contribution in [3.8, 4) is 11.5 Å². The zero-order valence-corrected chi connectivity index (χ0v) is 16.5. The van der Waals surface area contributed by atoms with Gasteiger partial charge in [0.2, 0.25) is 0 Å². The van der Waals surface area contributed by atoms with Gasteiger partial charge in [-0.1, -0.05) is 19.9 Å². The van der Waals surface area contributed by atoms with Crippen LogP contribution in [-0.4, -0.2) is 5.97 Å². The van der Waals surface area contributed by atoms with E-state index in [1.165, 1.54) is 6.92 Å². The summed E-state index contributed by atoms with van der Waals surface area (Å²) in [7, 11) is 0. The molecule has 0 spiro atoms. The van der Waals surface area contributed by atoms with Gasteiger partial charge in [-0.2, -0.15) is 26.3 Å². The fourth-order valence-electron chi connectivity index (χ4n) is 2.87. The second kappa shape index (κ2) is 8.97. The third-order valence-corrected chi connectivity index (χ3v) is 4.45. The molecular weight excluding hydrogens is 414 g/mol. The SMILES string of the molecule is CCC(=O)Oc1cccc(C(F)(F)F)c1COc1cc(C)c(CC)cc1C(F)(F)F. The van der Waals surface area contributed by atoms with Gasteiger partial charge in [-0.25, -0.2) is 0 Å².